The minimum atomic E-state index is -1.01. The van der Waals surface area contributed by atoms with Crippen LogP contribution < -0.4 is 0 Å². The standard InChI is InChI=1S/C21H20N2O3/c1-13-17-16(26-19(13)20(24)25)10-21(8-5-9-21)15-12-23(22-18(15)17)11-14-6-3-2-4-7-14/h2-4,6-7,12H,5,8-11H2,1H3,(H,24,25). The molecule has 0 amide bonds. The second-order valence-corrected chi connectivity index (χ2v) is 7.54. The highest BCUT2D eigenvalue weighted by Gasteiger charge is 2.47. The van der Waals surface area contributed by atoms with Gasteiger partial charge in [0.15, 0.2) is 0 Å². The molecule has 2 aromatic heterocycles. The van der Waals surface area contributed by atoms with Gasteiger partial charge >= 0.3 is 5.97 Å². The quantitative estimate of drug-likeness (QED) is 0.771. The Morgan fingerprint density at radius 2 is 2.08 bits per heavy atom. The number of carboxylic acids is 1. The predicted molar refractivity (Wildman–Crippen MR) is 96.4 cm³/mol. The molecule has 0 aliphatic heterocycles. The Morgan fingerprint density at radius 3 is 2.73 bits per heavy atom. The van der Waals surface area contributed by atoms with Crippen molar-refractivity contribution in [1.29, 1.82) is 0 Å². The summed E-state index contributed by atoms with van der Waals surface area (Å²) in [5.74, 6) is -0.170. The van der Waals surface area contributed by atoms with Gasteiger partial charge in [0.25, 0.3) is 0 Å². The Morgan fingerprint density at radius 1 is 1.31 bits per heavy atom. The maximum absolute atomic E-state index is 11.5. The van der Waals surface area contributed by atoms with Gasteiger partial charge in [0.2, 0.25) is 5.76 Å². The van der Waals surface area contributed by atoms with Crippen molar-refractivity contribution in [1.82, 2.24) is 9.78 Å². The third kappa shape index (κ3) is 2.09. The van der Waals surface area contributed by atoms with Crippen molar-refractivity contribution in [2.75, 3.05) is 0 Å². The number of furan rings is 1. The van der Waals surface area contributed by atoms with Gasteiger partial charge in [0, 0.05) is 34.7 Å². The fourth-order valence-corrected chi connectivity index (χ4v) is 4.51. The van der Waals surface area contributed by atoms with Crippen LogP contribution in [0.15, 0.2) is 40.9 Å². The first-order valence-corrected chi connectivity index (χ1v) is 9.05. The molecule has 2 aliphatic carbocycles. The maximum atomic E-state index is 11.5. The molecule has 1 fully saturated rings. The molecule has 0 atom stereocenters. The average Bonchev–Trinajstić information content (AvgIpc) is 3.14. The van der Waals surface area contributed by atoms with Crippen LogP contribution in [0.3, 0.4) is 0 Å². The summed E-state index contributed by atoms with van der Waals surface area (Å²) in [6.07, 6.45) is 6.36. The van der Waals surface area contributed by atoms with E-state index in [1.165, 1.54) is 17.5 Å². The molecule has 1 N–H and O–H groups in total. The van der Waals surface area contributed by atoms with E-state index < -0.39 is 5.97 Å². The molecule has 0 bridgehead atoms. The van der Waals surface area contributed by atoms with Gasteiger partial charge < -0.3 is 9.52 Å². The van der Waals surface area contributed by atoms with E-state index >= 15 is 0 Å². The molecule has 5 heteroatoms. The molecule has 26 heavy (non-hydrogen) atoms. The van der Waals surface area contributed by atoms with E-state index in [2.05, 4.69) is 18.3 Å². The van der Waals surface area contributed by atoms with Crippen LogP contribution in [0.5, 0.6) is 0 Å². The van der Waals surface area contributed by atoms with Crippen LogP contribution in [-0.4, -0.2) is 20.9 Å². The van der Waals surface area contributed by atoms with Crippen LogP contribution in [0.2, 0.25) is 0 Å². The third-order valence-electron chi connectivity index (χ3n) is 5.98. The number of rotatable bonds is 3. The smallest absolute Gasteiger partial charge is 0.372 e. The highest BCUT2D eigenvalue weighted by atomic mass is 16.4. The summed E-state index contributed by atoms with van der Waals surface area (Å²) in [4.78, 5) is 11.5. The fraction of sp³-hybridized carbons (Fsp3) is 0.333. The molecule has 0 saturated heterocycles. The van der Waals surface area contributed by atoms with Gasteiger partial charge in [-0.3, -0.25) is 4.68 Å². The molecule has 2 aliphatic rings. The number of carbonyl (C=O) groups is 1. The molecule has 5 nitrogen and oxygen atoms in total. The van der Waals surface area contributed by atoms with Crippen molar-refractivity contribution >= 4 is 5.97 Å². The normalized spacial score (nSPS) is 16.8. The van der Waals surface area contributed by atoms with Crippen molar-refractivity contribution in [2.24, 2.45) is 0 Å². The first kappa shape index (κ1) is 15.4. The highest BCUT2D eigenvalue weighted by molar-refractivity contribution is 5.90. The Hall–Kier alpha value is -2.82. The lowest BCUT2D eigenvalue weighted by Gasteiger charge is -2.43. The first-order valence-electron chi connectivity index (χ1n) is 9.05. The minimum Gasteiger partial charge on any atom is -0.475 e. The zero-order valence-corrected chi connectivity index (χ0v) is 14.7. The van der Waals surface area contributed by atoms with Crippen molar-refractivity contribution < 1.29 is 14.3 Å². The lowest BCUT2D eigenvalue weighted by atomic mass is 9.59. The van der Waals surface area contributed by atoms with Gasteiger partial charge in [0.1, 0.15) is 5.76 Å². The minimum absolute atomic E-state index is 0.0509. The second-order valence-electron chi connectivity index (χ2n) is 7.54. The van der Waals surface area contributed by atoms with Crippen molar-refractivity contribution in [3.05, 3.63) is 64.7 Å². The topological polar surface area (TPSA) is 68.3 Å². The van der Waals surface area contributed by atoms with E-state index in [4.69, 9.17) is 9.52 Å². The zero-order chi connectivity index (χ0) is 17.9. The van der Waals surface area contributed by atoms with Crippen molar-refractivity contribution in [2.45, 2.75) is 44.6 Å². The lowest BCUT2D eigenvalue weighted by molar-refractivity contribution is 0.0657. The van der Waals surface area contributed by atoms with Gasteiger partial charge in [-0.1, -0.05) is 36.8 Å². The summed E-state index contributed by atoms with van der Waals surface area (Å²) >= 11 is 0. The van der Waals surface area contributed by atoms with Crippen molar-refractivity contribution in [3.63, 3.8) is 0 Å². The summed E-state index contributed by atoms with van der Waals surface area (Å²) in [6.45, 7) is 2.53. The molecule has 1 saturated carbocycles. The van der Waals surface area contributed by atoms with Crippen molar-refractivity contribution in [3.8, 4) is 11.3 Å². The van der Waals surface area contributed by atoms with Gasteiger partial charge in [0.05, 0.1) is 12.2 Å². The van der Waals surface area contributed by atoms with Crippen LogP contribution in [0, 0.1) is 6.92 Å². The number of aromatic nitrogens is 2. The Kier molecular flexibility index (Phi) is 3.17. The van der Waals surface area contributed by atoms with E-state index in [0.29, 0.717) is 12.1 Å². The average molecular weight is 348 g/mol. The molecule has 0 unspecified atom stereocenters. The molecule has 1 aromatic carbocycles. The SMILES string of the molecule is Cc1c(C(=O)O)oc2c1-c1nn(Cc3ccccc3)cc1C1(CCC1)C2. The lowest BCUT2D eigenvalue weighted by Crippen LogP contribution is -2.38. The molecule has 3 aromatic rings. The molecular formula is C21H20N2O3. The fourth-order valence-electron chi connectivity index (χ4n) is 4.51. The molecule has 1 spiro atoms. The number of carboxylic acid groups (broad SMARTS) is 1. The third-order valence-corrected chi connectivity index (χ3v) is 5.98. The summed E-state index contributed by atoms with van der Waals surface area (Å²) in [5, 5.41) is 14.3. The largest absolute Gasteiger partial charge is 0.475 e. The number of nitrogens with zero attached hydrogens (tertiary/aromatic N) is 2. The predicted octanol–water partition coefficient (Wildman–Crippen LogP) is 4.18. The zero-order valence-electron chi connectivity index (χ0n) is 14.7. The summed E-state index contributed by atoms with van der Waals surface area (Å²) in [6, 6.07) is 10.3. The van der Waals surface area contributed by atoms with Crippen LogP contribution in [0.4, 0.5) is 0 Å². The molecular weight excluding hydrogens is 328 g/mol. The Labute approximate surface area is 151 Å². The number of hydrogen-bond acceptors (Lipinski definition) is 3. The van der Waals surface area contributed by atoms with Gasteiger partial charge in [-0.15, -0.1) is 0 Å². The number of aromatic carboxylic acids is 1. The number of fused-ring (bicyclic) bond motifs is 4. The highest BCUT2D eigenvalue weighted by Crippen LogP contribution is 2.54. The van der Waals surface area contributed by atoms with E-state index in [1.54, 1.807) is 0 Å². The maximum Gasteiger partial charge on any atom is 0.372 e. The molecule has 5 rings (SSSR count). The molecule has 0 radical (unpaired) electrons. The summed E-state index contributed by atoms with van der Waals surface area (Å²) < 4.78 is 7.75. The van der Waals surface area contributed by atoms with E-state index in [-0.39, 0.29) is 11.2 Å². The molecule has 2 heterocycles. The number of benzene rings is 1. The second kappa shape index (κ2) is 5.34. The van der Waals surface area contributed by atoms with Crippen LogP contribution in [0.25, 0.3) is 11.3 Å². The van der Waals surface area contributed by atoms with E-state index in [0.717, 1.165) is 36.3 Å². The van der Waals surface area contributed by atoms with Gasteiger partial charge in [-0.05, 0) is 25.3 Å². The van der Waals surface area contributed by atoms with E-state index in [1.807, 2.05) is 29.8 Å². The van der Waals surface area contributed by atoms with Crippen LogP contribution in [-0.2, 0) is 18.4 Å². The van der Waals surface area contributed by atoms with Gasteiger partial charge in [-0.2, -0.15) is 5.10 Å². The molecule has 132 valence electrons. The summed E-state index contributed by atoms with van der Waals surface area (Å²) in [5.41, 5.74) is 5.01. The monoisotopic (exact) mass is 348 g/mol. The van der Waals surface area contributed by atoms with Crippen LogP contribution in [0.1, 0.15) is 52.3 Å². The van der Waals surface area contributed by atoms with Gasteiger partial charge in [-0.25, -0.2) is 4.79 Å². The Balaban J connectivity index is 1.64. The number of hydrogen-bond donors (Lipinski definition) is 1. The van der Waals surface area contributed by atoms with E-state index in [9.17, 15) is 9.90 Å². The first-order chi connectivity index (χ1) is 12.6. The van der Waals surface area contributed by atoms with Crippen LogP contribution >= 0.6 is 0 Å². The Bertz CT molecular complexity index is 1010. The summed E-state index contributed by atoms with van der Waals surface area (Å²) in [7, 11) is 0.